The Morgan fingerprint density at radius 1 is 1.26 bits per heavy atom. The molecule has 0 spiro atoms. The largest absolute Gasteiger partial charge is 0.483 e. The molecule has 0 saturated carbocycles. The number of hydrogen-bond donors (Lipinski definition) is 1. The lowest BCUT2D eigenvalue weighted by molar-refractivity contribution is -0.148. The number of amides is 1. The van der Waals surface area contributed by atoms with E-state index in [2.05, 4.69) is 0 Å². The van der Waals surface area contributed by atoms with Gasteiger partial charge in [0.1, 0.15) is 17.6 Å². The van der Waals surface area contributed by atoms with Crippen LogP contribution in [0.4, 0.5) is 0 Å². The third-order valence-corrected chi connectivity index (χ3v) is 5.62. The Balaban J connectivity index is 1.65. The fraction of sp³-hybridized carbons (Fsp3) is 0.261. The molecular formula is C23H20ClNO6. The van der Waals surface area contributed by atoms with E-state index in [9.17, 15) is 19.5 Å². The fourth-order valence-electron chi connectivity index (χ4n) is 3.77. The Bertz CT molecular complexity index is 1230. The summed E-state index contributed by atoms with van der Waals surface area (Å²) < 4.78 is 11.7. The van der Waals surface area contributed by atoms with Crippen LogP contribution in [0.25, 0.3) is 22.3 Å². The fourth-order valence-corrected chi connectivity index (χ4v) is 3.99. The van der Waals surface area contributed by atoms with E-state index in [-0.39, 0.29) is 23.4 Å². The third-order valence-electron chi connectivity index (χ3n) is 5.32. The SMILES string of the molecule is Cc1ccc(-c2cc(=O)c3cccc(Cl)c3o2)c(OCC(=O)N2CCCC2C(=O)O)c1. The van der Waals surface area contributed by atoms with Crippen LogP contribution in [0.5, 0.6) is 5.75 Å². The molecule has 2 heterocycles. The summed E-state index contributed by atoms with van der Waals surface area (Å²) in [5.74, 6) is -0.802. The average Bonchev–Trinajstić information content (AvgIpc) is 3.23. The second kappa shape index (κ2) is 8.43. The minimum atomic E-state index is -1.02. The lowest BCUT2D eigenvalue weighted by Crippen LogP contribution is -2.42. The number of benzene rings is 2. The molecule has 1 fully saturated rings. The lowest BCUT2D eigenvalue weighted by atomic mass is 10.1. The zero-order chi connectivity index (χ0) is 22.1. The highest BCUT2D eigenvalue weighted by Crippen LogP contribution is 2.33. The predicted molar refractivity (Wildman–Crippen MR) is 116 cm³/mol. The summed E-state index contributed by atoms with van der Waals surface area (Å²) in [7, 11) is 0. The van der Waals surface area contributed by atoms with Gasteiger partial charge in [-0.25, -0.2) is 4.79 Å². The van der Waals surface area contributed by atoms with Gasteiger partial charge in [0.15, 0.2) is 17.6 Å². The number of halogens is 1. The molecule has 1 atom stereocenters. The number of nitrogens with zero attached hydrogens (tertiary/aromatic N) is 1. The molecule has 0 bridgehead atoms. The number of fused-ring (bicyclic) bond motifs is 1. The number of ether oxygens (including phenoxy) is 1. The number of carboxylic acids is 1. The Morgan fingerprint density at radius 3 is 2.84 bits per heavy atom. The normalized spacial score (nSPS) is 15.9. The quantitative estimate of drug-likeness (QED) is 0.645. The number of para-hydroxylation sites is 1. The summed E-state index contributed by atoms with van der Waals surface area (Å²) in [4.78, 5) is 37.8. The van der Waals surface area contributed by atoms with E-state index < -0.39 is 17.9 Å². The Hall–Kier alpha value is -3.32. The van der Waals surface area contributed by atoms with Crippen LogP contribution in [-0.2, 0) is 9.59 Å². The summed E-state index contributed by atoms with van der Waals surface area (Å²) in [6.07, 6.45) is 1.07. The zero-order valence-corrected chi connectivity index (χ0v) is 17.5. The van der Waals surface area contributed by atoms with E-state index in [1.165, 1.54) is 11.0 Å². The topological polar surface area (TPSA) is 97.0 Å². The summed E-state index contributed by atoms with van der Waals surface area (Å²) in [6, 6.07) is 10.8. The van der Waals surface area contributed by atoms with Crippen LogP contribution in [0.1, 0.15) is 18.4 Å². The van der Waals surface area contributed by atoms with Gasteiger partial charge in [-0.2, -0.15) is 0 Å². The summed E-state index contributed by atoms with van der Waals surface area (Å²) in [5, 5.41) is 9.98. The first-order chi connectivity index (χ1) is 14.8. The first-order valence-electron chi connectivity index (χ1n) is 9.83. The van der Waals surface area contributed by atoms with E-state index >= 15 is 0 Å². The standard InChI is InChI=1S/C23H20ClNO6/c1-13-7-8-15(20-11-18(26)14-4-2-5-16(24)22(14)31-20)19(10-13)30-12-21(27)25-9-3-6-17(25)23(28)29/h2,4-5,7-8,10-11,17H,3,6,9,12H2,1H3,(H,28,29). The van der Waals surface area contributed by atoms with Crippen molar-refractivity contribution in [2.75, 3.05) is 13.2 Å². The van der Waals surface area contributed by atoms with E-state index in [0.29, 0.717) is 41.1 Å². The molecule has 1 amide bonds. The lowest BCUT2D eigenvalue weighted by Gasteiger charge is -2.22. The van der Waals surface area contributed by atoms with Crippen molar-refractivity contribution in [2.24, 2.45) is 0 Å². The first-order valence-corrected chi connectivity index (χ1v) is 10.2. The van der Waals surface area contributed by atoms with Gasteiger partial charge in [0.05, 0.1) is 16.0 Å². The molecule has 1 saturated heterocycles. The minimum Gasteiger partial charge on any atom is -0.483 e. The maximum Gasteiger partial charge on any atom is 0.326 e. The number of aliphatic carboxylic acids is 1. The summed E-state index contributed by atoms with van der Waals surface area (Å²) >= 11 is 6.21. The number of rotatable bonds is 5. The van der Waals surface area contributed by atoms with Gasteiger partial charge in [-0.1, -0.05) is 23.7 Å². The number of carbonyl (C=O) groups excluding carboxylic acids is 1. The van der Waals surface area contributed by atoms with Crippen LogP contribution < -0.4 is 10.2 Å². The Kier molecular flexibility index (Phi) is 5.69. The first kappa shape index (κ1) is 20.9. The van der Waals surface area contributed by atoms with Gasteiger partial charge in [-0.3, -0.25) is 9.59 Å². The van der Waals surface area contributed by atoms with Crippen molar-refractivity contribution in [3.8, 4) is 17.1 Å². The molecule has 0 aliphatic carbocycles. The highest BCUT2D eigenvalue weighted by Gasteiger charge is 2.34. The zero-order valence-electron chi connectivity index (χ0n) is 16.8. The maximum atomic E-state index is 12.6. The second-order valence-corrected chi connectivity index (χ2v) is 7.87. The van der Waals surface area contributed by atoms with Gasteiger partial charge in [-0.05, 0) is 49.6 Å². The minimum absolute atomic E-state index is 0.247. The van der Waals surface area contributed by atoms with E-state index in [4.69, 9.17) is 20.8 Å². The van der Waals surface area contributed by atoms with Gasteiger partial charge < -0.3 is 19.2 Å². The van der Waals surface area contributed by atoms with Crippen molar-refractivity contribution in [1.82, 2.24) is 4.90 Å². The number of carboxylic acid groups (broad SMARTS) is 1. The smallest absolute Gasteiger partial charge is 0.326 e. The molecule has 7 nitrogen and oxygen atoms in total. The van der Waals surface area contributed by atoms with Gasteiger partial charge in [-0.15, -0.1) is 0 Å². The molecular weight excluding hydrogens is 422 g/mol. The van der Waals surface area contributed by atoms with E-state index in [1.807, 2.05) is 13.0 Å². The van der Waals surface area contributed by atoms with Gasteiger partial charge in [0.25, 0.3) is 5.91 Å². The Labute approximate surface area is 182 Å². The molecule has 1 unspecified atom stereocenters. The molecule has 2 aromatic carbocycles. The molecule has 1 aromatic heterocycles. The van der Waals surface area contributed by atoms with Gasteiger partial charge in [0, 0.05) is 12.6 Å². The Morgan fingerprint density at radius 2 is 2.06 bits per heavy atom. The molecule has 1 N–H and O–H groups in total. The van der Waals surface area contributed by atoms with Crippen LogP contribution in [0.3, 0.4) is 0 Å². The summed E-state index contributed by atoms with van der Waals surface area (Å²) in [6.45, 7) is 1.93. The number of hydrogen-bond acceptors (Lipinski definition) is 5. The molecule has 160 valence electrons. The number of likely N-dealkylation sites (tertiary alicyclic amines) is 1. The molecule has 4 rings (SSSR count). The van der Waals surface area contributed by atoms with Crippen LogP contribution in [-0.4, -0.2) is 41.1 Å². The highest BCUT2D eigenvalue weighted by atomic mass is 35.5. The van der Waals surface area contributed by atoms with Crippen LogP contribution >= 0.6 is 11.6 Å². The molecule has 8 heteroatoms. The van der Waals surface area contributed by atoms with Crippen molar-refractivity contribution in [3.63, 3.8) is 0 Å². The number of carbonyl (C=O) groups is 2. The monoisotopic (exact) mass is 441 g/mol. The van der Waals surface area contributed by atoms with Crippen molar-refractivity contribution >= 4 is 34.4 Å². The molecule has 1 aliphatic heterocycles. The van der Waals surface area contributed by atoms with Gasteiger partial charge in [0.2, 0.25) is 0 Å². The second-order valence-electron chi connectivity index (χ2n) is 7.46. The molecule has 0 radical (unpaired) electrons. The van der Waals surface area contributed by atoms with Gasteiger partial charge >= 0.3 is 5.97 Å². The van der Waals surface area contributed by atoms with Crippen LogP contribution in [0, 0.1) is 6.92 Å². The maximum absolute atomic E-state index is 12.6. The van der Waals surface area contributed by atoms with Crippen LogP contribution in [0.2, 0.25) is 5.02 Å². The van der Waals surface area contributed by atoms with E-state index in [0.717, 1.165) is 5.56 Å². The van der Waals surface area contributed by atoms with Crippen molar-refractivity contribution in [3.05, 3.63) is 63.3 Å². The van der Waals surface area contributed by atoms with Crippen molar-refractivity contribution in [2.45, 2.75) is 25.8 Å². The highest BCUT2D eigenvalue weighted by molar-refractivity contribution is 6.34. The summed E-state index contributed by atoms with van der Waals surface area (Å²) in [5.41, 5.74) is 1.41. The third kappa shape index (κ3) is 4.14. The predicted octanol–water partition coefficient (Wildman–Crippen LogP) is 3.88. The molecule has 3 aromatic rings. The number of aryl methyl sites for hydroxylation is 1. The van der Waals surface area contributed by atoms with Crippen molar-refractivity contribution in [1.29, 1.82) is 0 Å². The van der Waals surface area contributed by atoms with Crippen LogP contribution in [0.15, 0.2) is 51.7 Å². The van der Waals surface area contributed by atoms with E-state index in [1.54, 1.807) is 30.3 Å². The molecule has 1 aliphatic rings. The molecule has 31 heavy (non-hydrogen) atoms. The average molecular weight is 442 g/mol. The van der Waals surface area contributed by atoms with Crippen molar-refractivity contribution < 1.29 is 23.8 Å².